The molecular weight excluding hydrogens is 364 g/mol. The molecule has 1 aromatic carbocycles. The van der Waals surface area contributed by atoms with E-state index < -0.39 is 17.8 Å². The molecule has 0 saturated heterocycles. The van der Waals surface area contributed by atoms with Crippen LogP contribution in [0.4, 0.5) is 11.4 Å². The van der Waals surface area contributed by atoms with E-state index in [1.54, 1.807) is 30.5 Å². The number of carbonyl (C=O) groups is 3. The Hall–Kier alpha value is -3.95. The van der Waals surface area contributed by atoms with Gasteiger partial charge in [0.05, 0.1) is 5.69 Å². The third-order valence-corrected chi connectivity index (χ3v) is 3.77. The first-order valence-electron chi connectivity index (χ1n) is 8.46. The van der Waals surface area contributed by atoms with Gasteiger partial charge in [0.1, 0.15) is 6.54 Å². The number of amides is 2. The summed E-state index contributed by atoms with van der Waals surface area (Å²) in [5, 5.41) is 22.2. The van der Waals surface area contributed by atoms with Crippen molar-refractivity contribution in [1.29, 1.82) is 0 Å². The van der Waals surface area contributed by atoms with Crippen LogP contribution in [0.3, 0.4) is 0 Å². The van der Waals surface area contributed by atoms with Crippen LogP contribution in [0.25, 0.3) is 0 Å². The van der Waals surface area contributed by atoms with E-state index in [0.29, 0.717) is 12.2 Å². The second-order valence-electron chi connectivity index (χ2n) is 5.82. The van der Waals surface area contributed by atoms with Crippen LogP contribution in [-0.2, 0) is 17.9 Å². The molecule has 2 aromatic heterocycles. The number of rotatable bonds is 7. The predicted molar refractivity (Wildman–Crippen MR) is 100 cm³/mol. The summed E-state index contributed by atoms with van der Waals surface area (Å²) in [5.74, 6) is -2.10. The number of anilines is 2. The van der Waals surface area contributed by atoms with Gasteiger partial charge in [-0.25, -0.2) is 4.79 Å². The second-order valence-corrected chi connectivity index (χ2v) is 5.82. The number of aromatic nitrogens is 4. The molecule has 0 bridgehead atoms. The lowest BCUT2D eigenvalue weighted by molar-refractivity contribution is -0.116. The van der Waals surface area contributed by atoms with Crippen LogP contribution in [0.15, 0.2) is 48.8 Å². The van der Waals surface area contributed by atoms with E-state index >= 15 is 0 Å². The number of nitrogens with one attached hydrogen (secondary N) is 2. The lowest BCUT2D eigenvalue weighted by Gasteiger charge is -2.06. The van der Waals surface area contributed by atoms with Gasteiger partial charge in [-0.2, -0.15) is 10.2 Å². The molecule has 2 heterocycles. The minimum Gasteiger partial charge on any atom is -0.476 e. The van der Waals surface area contributed by atoms with Crippen LogP contribution in [-0.4, -0.2) is 42.5 Å². The van der Waals surface area contributed by atoms with E-state index in [0.717, 1.165) is 0 Å². The quantitative estimate of drug-likeness (QED) is 0.570. The molecule has 10 nitrogen and oxygen atoms in total. The standard InChI is InChI=1S/C18H18N6O4/c1-2-23-10-14(16(22-23)17(26)19-12-6-4-3-5-7-12)20-15(25)11-24-9-8-13(21-24)18(27)28/h3-10H,2,11H2,1H3,(H,19,26)(H,20,25)(H,27,28). The van der Waals surface area contributed by atoms with Crippen LogP contribution in [0, 0.1) is 0 Å². The van der Waals surface area contributed by atoms with Gasteiger partial charge in [-0.3, -0.25) is 19.0 Å². The molecule has 0 aliphatic carbocycles. The van der Waals surface area contributed by atoms with E-state index in [4.69, 9.17) is 5.11 Å². The Kier molecular flexibility index (Phi) is 5.49. The van der Waals surface area contributed by atoms with Crippen LogP contribution >= 0.6 is 0 Å². The first-order valence-corrected chi connectivity index (χ1v) is 8.46. The average molecular weight is 382 g/mol. The fourth-order valence-corrected chi connectivity index (χ4v) is 2.45. The van der Waals surface area contributed by atoms with E-state index in [1.165, 1.54) is 21.6 Å². The van der Waals surface area contributed by atoms with Crippen molar-refractivity contribution in [3.8, 4) is 0 Å². The fourth-order valence-electron chi connectivity index (χ4n) is 2.45. The number of aryl methyl sites for hydroxylation is 1. The van der Waals surface area contributed by atoms with Gasteiger partial charge < -0.3 is 15.7 Å². The summed E-state index contributed by atoms with van der Waals surface area (Å²) in [6.07, 6.45) is 2.95. The summed E-state index contributed by atoms with van der Waals surface area (Å²) in [6.45, 7) is 2.17. The van der Waals surface area contributed by atoms with Crippen molar-refractivity contribution < 1.29 is 19.5 Å². The molecule has 0 atom stereocenters. The molecule has 0 unspecified atom stereocenters. The van der Waals surface area contributed by atoms with Crippen LogP contribution in [0.2, 0.25) is 0 Å². The minimum atomic E-state index is -1.18. The second kappa shape index (κ2) is 8.16. The molecule has 144 valence electrons. The number of nitrogens with zero attached hydrogens (tertiary/aromatic N) is 4. The Morgan fingerprint density at radius 2 is 1.79 bits per heavy atom. The largest absolute Gasteiger partial charge is 0.476 e. The van der Waals surface area contributed by atoms with Crippen molar-refractivity contribution in [3.05, 3.63) is 60.2 Å². The topological polar surface area (TPSA) is 131 Å². The number of aromatic carboxylic acids is 1. The molecule has 3 aromatic rings. The zero-order valence-electron chi connectivity index (χ0n) is 15.0. The van der Waals surface area contributed by atoms with Gasteiger partial charge in [-0.15, -0.1) is 0 Å². The summed E-state index contributed by atoms with van der Waals surface area (Å²) >= 11 is 0. The Morgan fingerprint density at radius 3 is 2.43 bits per heavy atom. The molecule has 3 rings (SSSR count). The normalized spacial score (nSPS) is 10.5. The summed E-state index contributed by atoms with van der Waals surface area (Å²) in [5.41, 5.74) is 0.778. The molecule has 2 amide bonds. The average Bonchev–Trinajstić information content (AvgIpc) is 3.29. The van der Waals surface area contributed by atoms with Gasteiger partial charge in [0.2, 0.25) is 5.91 Å². The van der Waals surface area contributed by atoms with Gasteiger partial charge in [0.15, 0.2) is 11.4 Å². The van der Waals surface area contributed by atoms with Gasteiger partial charge >= 0.3 is 5.97 Å². The zero-order chi connectivity index (χ0) is 20.1. The smallest absolute Gasteiger partial charge is 0.356 e. The maximum absolute atomic E-state index is 12.6. The summed E-state index contributed by atoms with van der Waals surface area (Å²) in [4.78, 5) is 35.7. The number of carbonyl (C=O) groups excluding carboxylic acids is 2. The monoisotopic (exact) mass is 382 g/mol. The minimum absolute atomic E-state index is 0.0748. The molecule has 0 saturated carbocycles. The first kappa shape index (κ1) is 18.8. The molecule has 10 heteroatoms. The fraction of sp³-hybridized carbons (Fsp3) is 0.167. The van der Waals surface area contributed by atoms with Gasteiger partial charge in [0.25, 0.3) is 5.91 Å². The van der Waals surface area contributed by atoms with Crippen LogP contribution in [0.5, 0.6) is 0 Å². The lowest BCUT2D eigenvalue weighted by Crippen LogP contribution is -2.21. The molecule has 0 fully saturated rings. The van der Waals surface area contributed by atoms with E-state index in [9.17, 15) is 14.4 Å². The summed E-state index contributed by atoms with van der Waals surface area (Å²) in [7, 11) is 0. The predicted octanol–water partition coefficient (Wildman–Crippen LogP) is 1.69. The van der Waals surface area contributed by atoms with E-state index in [-0.39, 0.29) is 23.6 Å². The van der Waals surface area contributed by atoms with E-state index in [2.05, 4.69) is 20.8 Å². The van der Waals surface area contributed by atoms with Crippen LogP contribution < -0.4 is 10.6 Å². The highest BCUT2D eigenvalue weighted by atomic mass is 16.4. The Bertz CT molecular complexity index is 1010. The van der Waals surface area contributed by atoms with Gasteiger partial charge in [-0.05, 0) is 25.1 Å². The third-order valence-electron chi connectivity index (χ3n) is 3.77. The number of hydrogen-bond acceptors (Lipinski definition) is 5. The van der Waals surface area contributed by atoms with Crippen molar-refractivity contribution in [2.24, 2.45) is 0 Å². The highest BCUT2D eigenvalue weighted by Gasteiger charge is 2.19. The summed E-state index contributed by atoms with van der Waals surface area (Å²) in [6, 6.07) is 10.2. The van der Waals surface area contributed by atoms with Gasteiger partial charge in [0, 0.05) is 24.6 Å². The Balaban J connectivity index is 1.73. The molecule has 0 radical (unpaired) electrons. The Morgan fingerprint density at radius 1 is 1.04 bits per heavy atom. The zero-order valence-corrected chi connectivity index (χ0v) is 15.0. The van der Waals surface area contributed by atoms with E-state index in [1.807, 2.05) is 13.0 Å². The number of carboxylic acid groups (broad SMARTS) is 1. The summed E-state index contributed by atoms with van der Waals surface area (Å²) < 4.78 is 2.73. The number of para-hydroxylation sites is 1. The van der Waals surface area contributed by atoms with Crippen molar-refractivity contribution in [2.45, 2.75) is 20.0 Å². The van der Waals surface area contributed by atoms with Crippen molar-refractivity contribution in [1.82, 2.24) is 19.6 Å². The van der Waals surface area contributed by atoms with Crippen molar-refractivity contribution >= 4 is 29.2 Å². The number of benzene rings is 1. The first-order chi connectivity index (χ1) is 13.5. The maximum atomic E-state index is 12.6. The van der Waals surface area contributed by atoms with Crippen LogP contribution in [0.1, 0.15) is 27.9 Å². The van der Waals surface area contributed by atoms with Crippen molar-refractivity contribution in [2.75, 3.05) is 10.6 Å². The molecule has 3 N–H and O–H groups in total. The molecule has 0 aliphatic rings. The van der Waals surface area contributed by atoms with Gasteiger partial charge in [-0.1, -0.05) is 18.2 Å². The highest BCUT2D eigenvalue weighted by molar-refractivity contribution is 6.08. The lowest BCUT2D eigenvalue weighted by atomic mass is 10.3. The highest BCUT2D eigenvalue weighted by Crippen LogP contribution is 2.16. The molecule has 0 aliphatic heterocycles. The molecule has 0 spiro atoms. The number of hydrogen-bond donors (Lipinski definition) is 3. The maximum Gasteiger partial charge on any atom is 0.356 e. The number of carboxylic acids is 1. The third kappa shape index (κ3) is 4.41. The Labute approximate surface area is 159 Å². The molecular formula is C18H18N6O4. The molecule has 28 heavy (non-hydrogen) atoms. The SMILES string of the molecule is CCn1cc(NC(=O)Cn2ccc(C(=O)O)n2)c(C(=O)Nc2ccccc2)n1. The van der Waals surface area contributed by atoms with Crippen molar-refractivity contribution in [3.63, 3.8) is 0 Å².